The van der Waals surface area contributed by atoms with Crippen LogP contribution in [0.5, 0.6) is 0 Å². The first-order valence-corrected chi connectivity index (χ1v) is 9.54. The van der Waals surface area contributed by atoms with E-state index in [2.05, 4.69) is 49.2 Å². The molecule has 2 rings (SSSR count). The maximum atomic E-state index is 11.2. The van der Waals surface area contributed by atoms with E-state index in [4.69, 9.17) is 5.11 Å². The summed E-state index contributed by atoms with van der Waals surface area (Å²) in [6.07, 6.45) is 2.76. The summed E-state index contributed by atoms with van der Waals surface area (Å²) in [4.78, 5) is 43.8. The molecule has 5 N–H and O–H groups in total. The number of nitrogens with one attached hydrogen (secondary N) is 2. The van der Waals surface area contributed by atoms with Crippen LogP contribution in [0.1, 0.15) is 34.8 Å². The first-order valence-electron chi connectivity index (χ1n) is 9.54. The van der Waals surface area contributed by atoms with Gasteiger partial charge in [-0.15, -0.1) is 10.2 Å². The number of carboxylic acids is 1. The molecule has 186 valence electrons. The topological polar surface area (TPSA) is 215 Å². The minimum absolute atomic E-state index is 0. The number of carboxylic acid groups (broad SMARTS) is 1. The van der Waals surface area contributed by atoms with Gasteiger partial charge in [-0.25, -0.2) is 19.0 Å². The molecule has 0 atom stereocenters. The molecule has 2 aromatic heterocycles. The molecule has 2 heterocycles. The lowest BCUT2D eigenvalue weighted by Gasteiger charge is -2.03. The normalized spacial score (nSPS) is 9.50. The molecule has 15 nitrogen and oxygen atoms in total. The van der Waals surface area contributed by atoms with E-state index in [1.807, 2.05) is 0 Å². The third-order valence-electron chi connectivity index (χ3n) is 3.72. The van der Waals surface area contributed by atoms with Gasteiger partial charge < -0.3 is 26.0 Å². The lowest BCUT2D eigenvalue weighted by Crippen LogP contribution is -2.27. The first-order chi connectivity index (χ1) is 15.5. The minimum Gasteiger partial charge on any atom is -0.476 e. The van der Waals surface area contributed by atoms with Crippen LogP contribution < -0.4 is 10.6 Å². The largest absolute Gasteiger partial charge is 0.476 e. The van der Waals surface area contributed by atoms with Crippen molar-refractivity contribution in [2.45, 2.75) is 26.9 Å². The Kier molecular flexibility index (Phi) is 12.7. The second-order valence-electron chi connectivity index (χ2n) is 6.60. The van der Waals surface area contributed by atoms with Crippen molar-refractivity contribution in [3.8, 4) is 0 Å². The number of rotatable bonds is 10. The molecule has 0 saturated heterocycles. The fourth-order valence-corrected chi connectivity index (χ4v) is 1.98. The van der Waals surface area contributed by atoms with Gasteiger partial charge >= 0.3 is 11.9 Å². The molecule has 15 heteroatoms. The summed E-state index contributed by atoms with van der Waals surface area (Å²) in [6.45, 7) is 11.7. The zero-order valence-electron chi connectivity index (χ0n) is 19.1. The highest BCUT2D eigenvalue weighted by Gasteiger charge is 2.10. The number of nitrogens with zero attached hydrogens (tertiary/aromatic N) is 6. The number of amides is 2. The summed E-state index contributed by atoms with van der Waals surface area (Å²) in [5.74, 6) is -2.11. The van der Waals surface area contributed by atoms with E-state index in [1.54, 1.807) is 13.8 Å². The summed E-state index contributed by atoms with van der Waals surface area (Å²) >= 11 is 0. The van der Waals surface area contributed by atoms with Crippen LogP contribution in [0.25, 0.3) is 0 Å². The maximum Gasteiger partial charge on any atom is 0.360 e. The molecule has 0 aliphatic rings. The van der Waals surface area contributed by atoms with E-state index < -0.39 is 11.9 Å². The van der Waals surface area contributed by atoms with Crippen LogP contribution in [0.2, 0.25) is 0 Å². The smallest absolute Gasteiger partial charge is 0.360 e. The molecule has 2 aromatic rings. The van der Waals surface area contributed by atoms with E-state index in [0.29, 0.717) is 37.3 Å². The van der Waals surface area contributed by atoms with Crippen LogP contribution in [-0.2, 0) is 27.4 Å². The number of aromatic nitrogens is 6. The Labute approximate surface area is 194 Å². The van der Waals surface area contributed by atoms with Crippen molar-refractivity contribution in [1.29, 1.82) is 0 Å². The molecule has 2 amide bonds. The van der Waals surface area contributed by atoms with Gasteiger partial charge in [0.25, 0.3) is 0 Å². The van der Waals surface area contributed by atoms with E-state index in [-0.39, 0.29) is 28.7 Å². The molecule has 0 bridgehead atoms. The number of ether oxygens (including phenoxy) is 1. The van der Waals surface area contributed by atoms with Crippen LogP contribution in [0.15, 0.2) is 36.7 Å². The standard InChI is InChI=1S/C10H14N4O3.C9H12N4O3.H2O/c1-7(2)9(15)11-4-5-14-6-8(12-13-14)10(16)17-3;1-6(2)8(14)10-3-4-13-5-7(9(15)16)11-12-13;/h6H,1,4-5H2,2-3H3,(H,11,15);5H,1,3-4H2,2H3,(H,10,14)(H,15,16);1H2. The summed E-state index contributed by atoms with van der Waals surface area (Å²) in [5, 5.41) is 28.2. The number of methoxy groups -OCH3 is 1. The van der Waals surface area contributed by atoms with Gasteiger partial charge in [0.05, 0.1) is 32.6 Å². The summed E-state index contributed by atoms with van der Waals surface area (Å²) < 4.78 is 7.29. The number of hydrogen-bond donors (Lipinski definition) is 3. The number of esters is 1. The third kappa shape index (κ3) is 10.3. The van der Waals surface area contributed by atoms with Gasteiger partial charge in [0.2, 0.25) is 11.8 Å². The molecule has 0 aromatic carbocycles. The van der Waals surface area contributed by atoms with Crippen LogP contribution >= 0.6 is 0 Å². The van der Waals surface area contributed by atoms with Crippen molar-refractivity contribution < 1.29 is 34.5 Å². The van der Waals surface area contributed by atoms with E-state index in [9.17, 15) is 19.2 Å². The zero-order valence-corrected chi connectivity index (χ0v) is 19.1. The predicted octanol–water partition coefficient (Wildman–Crippen LogP) is -1.40. The molecule has 34 heavy (non-hydrogen) atoms. The van der Waals surface area contributed by atoms with E-state index in [1.165, 1.54) is 28.9 Å². The van der Waals surface area contributed by atoms with Gasteiger partial charge in [0.1, 0.15) is 0 Å². The molecule has 0 spiro atoms. The summed E-state index contributed by atoms with van der Waals surface area (Å²) in [6, 6.07) is 0. The minimum atomic E-state index is -1.13. The number of aromatic carboxylic acids is 1. The Morgan fingerprint density at radius 1 is 0.912 bits per heavy atom. The second kappa shape index (κ2) is 14.6. The Balaban J connectivity index is 0.000000623. The Hall–Kier alpha value is -4.40. The van der Waals surface area contributed by atoms with Gasteiger partial charge in [-0.05, 0) is 13.8 Å². The fourth-order valence-electron chi connectivity index (χ4n) is 1.98. The van der Waals surface area contributed by atoms with Gasteiger partial charge in [0.15, 0.2) is 11.4 Å². The molecule has 0 aliphatic carbocycles. The number of carbonyl (C=O) groups excluding carboxylic acids is 3. The zero-order chi connectivity index (χ0) is 25.0. The quantitative estimate of drug-likeness (QED) is 0.267. The van der Waals surface area contributed by atoms with Crippen LogP contribution in [-0.4, -0.2) is 84.5 Å². The highest BCUT2D eigenvalue weighted by molar-refractivity contribution is 5.92. The van der Waals surface area contributed by atoms with Crippen molar-refractivity contribution >= 4 is 23.8 Å². The van der Waals surface area contributed by atoms with Gasteiger partial charge in [-0.3, -0.25) is 9.59 Å². The second-order valence-corrected chi connectivity index (χ2v) is 6.60. The SMILES string of the molecule is C=C(C)C(=O)NCCn1cc(C(=O)O)nn1.C=C(C)C(=O)NCCn1cc(C(=O)OC)nn1.O. The van der Waals surface area contributed by atoms with Crippen LogP contribution in [0, 0.1) is 0 Å². The molecule has 0 aliphatic heterocycles. The lowest BCUT2D eigenvalue weighted by atomic mass is 10.3. The monoisotopic (exact) mass is 480 g/mol. The molecular formula is C19H28N8O7. The average Bonchev–Trinajstić information content (AvgIpc) is 3.43. The lowest BCUT2D eigenvalue weighted by molar-refractivity contribution is -0.118. The third-order valence-corrected chi connectivity index (χ3v) is 3.72. The van der Waals surface area contributed by atoms with Gasteiger partial charge in [-0.1, -0.05) is 23.6 Å². The van der Waals surface area contributed by atoms with E-state index >= 15 is 0 Å². The predicted molar refractivity (Wildman–Crippen MR) is 118 cm³/mol. The Morgan fingerprint density at radius 3 is 1.68 bits per heavy atom. The Morgan fingerprint density at radius 2 is 1.32 bits per heavy atom. The first kappa shape index (κ1) is 29.6. The molecule has 0 fully saturated rings. The van der Waals surface area contributed by atoms with Crippen molar-refractivity contribution in [1.82, 2.24) is 40.6 Å². The Bertz CT molecular complexity index is 1030. The highest BCUT2D eigenvalue weighted by Crippen LogP contribution is 1.95. The van der Waals surface area contributed by atoms with Gasteiger partial charge in [-0.2, -0.15) is 0 Å². The van der Waals surface area contributed by atoms with Crippen LogP contribution in [0.4, 0.5) is 0 Å². The molecular weight excluding hydrogens is 452 g/mol. The molecule has 0 unspecified atom stereocenters. The highest BCUT2D eigenvalue weighted by atomic mass is 16.5. The van der Waals surface area contributed by atoms with Crippen molar-refractivity contribution in [3.05, 3.63) is 48.1 Å². The van der Waals surface area contributed by atoms with Crippen LogP contribution in [0.3, 0.4) is 0 Å². The summed E-state index contributed by atoms with van der Waals surface area (Å²) in [5.41, 5.74) is 0.883. The van der Waals surface area contributed by atoms with E-state index in [0.717, 1.165) is 0 Å². The maximum absolute atomic E-state index is 11.2. The molecule has 0 radical (unpaired) electrons. The number of hydrogen-bond acceptors (Lipinski definition) is 9. The number of carbonyl (C=O) groups is 4. The molecule has 0 saturated carbocycles. The van der Waals surface area contributed by atoms with Crippen molar-refractivity contribution in [2.24, 2.45) is 0 Å². The van der Waals surface area contributed by atoms with Crippen molar-refractivity contribution in [3.63, 3.8) is 0 Å². The summed E-state index contributed by atoms with van der Waals surface area (Å²) in [7, 11) is 1.27. The average molecular weight is 480 g/mol. The fraction of sp³-hybridized carbons (Fsp3) is 0.368. The van der Waals surface area contributed by atoms with Crippen molar-refractivity contribution in [2.75, 3.05) is 20.2 Å². The van der Waals surface area contributed by atoms with Gasteiger partial charge in [0, 0.05) is 24.2 Å².